The van der Waals surface area contributed by atoms with E-state index >= 15 is 0 Å². The molecule has 1 aliphatic rings. The summed E-state index contributed by atoms with van der Waals surface area (Å²) in [5.41, 5.74) is 1.57. The molecule has 0 fully saturated rings. The lowest BCUT2D eigenvalue weighted by atomic mass is 9.88. The third kappa shape index (κ3) is 5.44. The summed E-state index contributed by atoms with van der Waals surface area (Å²) in [6.07, 6.45) is -1.21. The zero-order valence-electron chi connectivity index (χ0n) is 14.1. The number of nitrogens with one attached hydrogen (secondary N) is 2. The molecule has 0 amide bonds. The van der Waals surface area contributed by atoms with Crippen molar-refractivity contribution in [1.82, 2.24) is 16.8 Å². The van der Waals surface area contributed by atoms with Gasteiger partial charge in [-0.2, -0.15) is 0 Å². The monoisotopic (exact) mass is 447 g/mol. The van der Waals surface area contributed by atoms with E-state index in [1.54, 1.807) is 24.3 Å². The van der Waals surface area contributed by atoms with Gasteiger partial charge >= 0.3 is 6.36 Å². The average Bonchev–Trinajstić information content (AvgIpc) is 2.59. The van der Waals surface area contributed by atoms with Gasteiger partial charge in [0.05, 0.1) is 10.6 Å². The van der Waals surface area contributed by atoms with Crippen molar-refractivity contribution in [3.05, 3.63) is 76.2 Å². The molecular formula is C18H18BrF4N3O. The van der Waals surface area contributed by atoms with E-state index in [9.17, 15) is 17.6 Å². The van der Waals surface area contributed by atoms with Gasteiger partial charge in [0.15, 0.2) is 0 Å². The molecule has 27 heavy (non-hydrogen) atoms. The second-order valence-corrected chi connectivity index (χ2v) is 6.58. The summed E-state index contributed by atoms with van der Waals surface area (Å²) in [7, 11) is 0. The molecule has 2 aromatic carbocycles. The summed E-state index contributed by atoms with van der Waals surface area (Å²) in [6.45, 7) is 0.645. The van der Waals surface area contributed by atoms with E-state index in [4.69, 9.17) is 0 Å². The first kappa shape index (κ1) is 21.2. The predicted molar refractivity (Wildman–Crippen MR) is 98.2 cm³/mol. The Kier molecular flexibility index (Phi) is 6.85. The average molecular weight is 448 g/mol. The summed E-state index contributed by atoms with van der Waals surface area (Å²) >= 11 is 3.18. The van der Waals surface area contributed by atoms with Crippen LogP contribution in [0, 0.1) is 5.82 Å². The molecule has 0 aliphatic carbocycles. The topological polar surface area (TPSA) is 68.3 Å². The molecule has 0 saturated heterocycles. The Morgan fingerprint density at radius 1 is 1.07 bits per heavy atom. The quantitative estimate of drug-likeness (QED) is 0.588. The van der Waals surface area contributed by atoms with Gasteiger partial charge in [0, 0.05) is 12.5 Å². The maximum absolute atomic E-state index is 13.6. The van der Waals surface area contributed by atoms with Gasteiger partial charge in [-0.15, -0.1) is 13.2 Å². The predicted octanol–water partition coefficient (Wildman–Crippen LogP) is 4.81. The highest BCUT2D eigenvalue weighted by Gasteiger charge is 2.31. The SMILES string of the molecule is Fc1ccc(C(c2ccc(OC(F)(F)F)cc2)C2NC=CCN2)cc1Br.N. The van der Waals surface area contributed by atoms with E-state index in [1.165, 1.54) is 18.2 Å². The summed E-state index contributed by atoms with van der Waals surface area (Å²) in [6, 6.07) is 10.4. The normalized spacial score (nSPS) is 17.6. The van der Waals surface area contributed by atoms with E-state index in [1.807, 2.05) is 12.3 Å². The molecule has 146 valence electrons. The Morgan fingerprint density at radius 3 is 2.30 bits per heavy atom. The van der Waals surface area contributed by atoms with Crippen molar-refractivity contribution < 1.29 is 22.3 Å². The van der Waals surface area contributed by atoms with Crippen LogP contribution in [0.25, 0.3) is 0 Å². The van der Waals surface area contributed by atoms with E-state index in [2.05, 4.69) is 31.3 Å². The highest BCUT2D eigenvalue weighted by molar-refractivity contribution is 9.10. The van der Waals surface area contributed by atoms with Crippen molar-refractivity contribution in [1.29, 1.82) is 0 Å². The summed E-state index contributed by atoms with van der Waals surface area (Å²) in [5.74, 6) is -0.924. The van der Waals surface area contributed by atoms with Crippen LogP contribution in [0.5, 0.6) is 5.75 Å². The van der Waals surface area contributed by atoms with Crippen molar-refractivity contribution in [2.45, 2.75) is 18.4 Å². The Hall–Kier alpha value is -2.10. The number of halogens is 5. The first-order chi connectivity index (χ1) is 12.3. The number of ether oxygens (including phenoxy) is 1. The minimum Gasteiger partial charge on any atom is -0.406 e. The van der Waals surface area contributed by atoms with Crippen LogP contribution in [0.1, 0.15) is 17.0 Å². The Balaban J connectivity index is 0.00000261. The molecule has 3 rings (SSSR count). The molecule has 1 aliphatic heterocycles. The second-order valence-electron chi connectivity index (χ2n) is 5.72. The summed E-state index contributed by atoms with van der Waals surface area (Å²) in [4.78, 5) is 0. The molecule has 0 aromatic heterocycles. The van der Waals surface area contributed by atoms with Gasteiger partial charge in [0.25, 0.3) is 0 Å². The largest absolute Gasteiger partial charge is 0.573 e. The first-order valence-electron chi connectivity index (χ1n) is 7.78. The van der Waals surface area contributed by atoms with Gasteiger partial charge in [0.1, 0.15) is 11.6 Å². The van der Waals surface area contributed by atoms with Crippen LogP contribution >= 0.6 is 15.9 Å². The van der Waals surface area contributed by atoms with Gasteiger partial charge < -0.3 is 16.2 Å². The lowest BCUT2D eigenvalue weighted by molar-refractivity contribution is -0.274. The lowest BCUT2D eigenvalue weighted by Crippen LogP contribution is -2.47. The van der Waals surface area contributed by atoms with Crippen molar-refractivity contribution in [3.8, 4) is 5.75 Å². The number of alkyl halides is 3. The molecule has 4 nitrogen and oxygen atoms in total. The highest BCUT2D eigenvalue weighted by atomic mass is 79.9. The van der Waals surface area contributed by atoms with Crippen LogP contribution in [0.4, 0.5) is 17.6 Å². The number of hydrogen-bond donors (Lipinski definition) is 3. The Labute approximate surface area is 162 Å². The second kappa shape index (κ2) is 8.73. The molecule has 5 N–H and O–H groups in total. The van der Waals surface area contributed by atoms with Gasteiger partial charge in [-0.3, -0.25) is 5.32 Å². The maximum atomic E-state index is 13.6. The van der Waals surface area contributed by atoms with E-state index < -0.39 is 6.36 Å². The van der Waals surface area contributed by atoms with Crippen LogP contribution in [0.2, 0.25) is 0 Å². The van der Waals surface area contributed by atoms with Crippen molar-refractivity contribution in [2.75, 3.05) is 6.54 Å². The van der Waals surface area contributed by atoms with E-state index in [-0.39, 0.29) is 29.8 Å². The Morgan fingerprint density at radius 2 is 1.74 bits per heavy atom. The molecule has 2 atom stereocenters. The molecule has 0 saturated carbocycles. The first-order valence-corrected chi connectivity index (χ1v) is 8.58. The zero-order valence-corrected chi connectivity index (χ0v) is 15.6. The van der Waals surface area contributed by atoms with Crippen LogP contribution in [-0.4, -0.2) is 19.1 Å². The van der Waals surface area contributed by atoms with Crippen LogP contribution in [0.3, 0.4) is 0 Å². The van der Waals surface area contributed by atoms with Crippen molar-refractivity contribution >= 4 is 15.9 Å². The molecule has 9 heteroatoms. The molecule has 2 aromatic rings. The van der Waals surface area contributed by atoms with Gasteiger partial charge in [-0.05, 0) is 57.5 Å². The summed E-state index contributed by atoms with van der Waals surface area (Å²) < 4.78 is 54.9. The number of benzene rings is 2. The Bertz CT molecular complexity index is 796. The minimum atomic E-state index is -4.74. The van der Waals surface area contributed by atoms with Crippen LogP contribution in [-0.2, 0) is 0 Å². The van der Waals surface area contributed by atoms with Gasteiger partial charge in [-0.1, -0.05) is 24.3 Å². The van der Waals surface area contributed by atoms with E-state index in [0.717, 1.165) is 11.1 Å². The molecule has 0 spiro atoms. The fourth-order valence-corrected chi connectivity index (χ4v) is 3.26. The summed E-state index contributed by atoms with van der Waals surface area (Å²) in [5, 5.41) is 6.48. The molecule has 0 bridgehead atoms. The molecule has 2 unspecified atom stereocenters. The third-order valence-corrected chi connectivity index (χ3v) is 4.57. The minimum absolute atomic E-state index is 0. The van der Waals surface area contributed by atoms with Crippen molar-refractivity contribution in [3.63, 3.8) is 0 Å². The number of hydrogen-bond acceptors (Lipinski definition) is 4. The fraction of sp³-hybridized carbons (Fsp3) is 0.222. The lowest BCUT2D eigenvalue weighted by Gasteiger charge is -2.31. The smallest absolute Gasteiger partial charge is 0.406 e. The maximum Gasteiger partial charge on any atom is 0.573 e. The van der Waals surface area contributed by atoms with Crippen LogP contribution in [0.15, 0.2) is 59.2 Å². The molecular weight excluding hydrogens is 430 g/mol. The van der Waals surface area contributed by atoms with E-state index in [0.29, 0.717) is 11.0 Å². The van der Waals surface area contributed by atoms with Crippen molar-refractivity contribution in [2.24, 2.45) is 0 Å². The molecule has 0 radical (unpaired) electrons. The van der Waals surface area contributed by atoms with Crippen LogP contribution < -0.4 is 21.5 Å². The molecule has 1 heterocycles. The van der Waals surface area contributed by atoms with Gasteiger partial charge in [0.2, 0.25) is 0 Å². The highest BCUT2D eigenvalue weighted by Crippen LogP contribution is 2.32. The standard InChI is InChI=1S/C18H15BrF4N2O.H3N/c19-14-10-12(4-7-15(14)20)16(17-24-8-1-9-25-17)11-2-5-13(6-3-11)26-18(21,22)23;/h1-8,10,16-17,24-25H,9H2;1H3. The fourth-order valence-electron chi connectivity index (χ4n) is 2.86. The third-order valence-electron chi connectivity index (χ3n) is 3.96. The zero-order chi connectivity index (χ0) is 18.7. The van der Waals surface area contributed by atoms with Gasteiger partial charge in [-0.25, -0.2) is 4.39 Å². The number of rotatable bonds is 4.